The Labute approximate surface area is 75.4 Å². The highest BCUT2D eigenvalue weighted by atomic mass is 32.1. The third kappa shape index (κ3) is 1.97. The molecule has 0 aliphatic heterocycles. The lowest BCUT2D eigenvalue weighted by Gasteiger charge is -2.02. The fourth-order valence-corrected chi connectivity index (χ4v) is 1.64. The Morgan fingerprint density at radius 1 is 1.83 bits per heavy atom. The zero-order valence-electron chi connectivity index (χ0n) is 6.78. The van der Waals surface area contributed by atoms with Crippen LogP contribution in [0.3, 0.4) is 0 Å². The number of nitrogens with two attached hydrogens (primary N) is 1. The maximum Gasteiger partial charge on any atom is 0.173 e. The third-order valence-corrected chi connectivity index (χ3v) is 2.44. The van der Waals surface area contributed by atoms with Gasteiger partial charge in [-0.1, -0.05) is 0 Å². The van der Waals surface area contributed by atoms with Crippen LogP contribution in [0.2, 0.25) is 0 Å². The molecule has 0 radical (unpaired) electrons. The van der Waals surface area contributed by atoms with E-state index in [9.17, 15) is 0 Å². The van der Waals surface area contributed by atoms with Crippen molar-refractivity contribution in [3.8, 4) is 11.1 Å². The van der Waals surface area contributed by atoms with Crippen LogP contribution in [-0.2, 0) is 0 Å². The van der Waals surface area contributed by atoms with Crippen molar-refractivity contribution in [2.24, 2.45) is 5.73 Å². The molecule has 0 aliphatic carbocycles. The van der Waals surface area contributed by atoms with E-state index in [2.05, 4.69) is 0 Å². The highest BCUT2D eigenvalue weighted by Crippen LogP contribution is 2.26. The van der Waals surface area contributed by atoms with Crippen molar-refractivity contribution in [1.29, 1.82) is 5.26 Å². The Morgan fingerprint density at radius 2 is 2.58 bits per heavy atom. The Bertz CT molecular complexity index is 289. The quantitative estimate of drug-likeness (QED) is 0.773. The van der Waals surface area contributed by atoms with E-state index in [1.165, 1.54) is 11.3 Å². The van der Waals surface area contributed by atoms with Gasteiger partial charge in [-0.15, -0.1) is 11.3 Å². The second-order valence-corrected chi connectivity index (χ2v) is 3.25. The van der Waals surface area contributed by atoms with Crippen LogP contribution in [0, 0.1) is 11.3 Å². The highest BCUT2D eigenvalue weighted by Gasteiger charge is 2.07. The van der Waals surface area contributed by atoms with Gasteiger partial charge in [0.05, 0.1) is 19.6 Å². The zero-order chi connectivity index (χ0) is 8.97. The first kappa shape index (κ1) is 9.04. The molecule has 0 bridgehead atoms. The number of nitrogens with zero attached hydrogens (tertiary/aromatic N) is 1. The summed E-state index contributed by atoms with van der Waals surface area (Å²) in [5.41, 5.74) is 6.67. The Hall–Kier alpha value is -1.05. The summed E-state index contributed by atoms with van der Waals surface area (Å²) in [7, 11) is 1.62. The predicted molar refractivity (Wildman–Crippen MR) is 48.0 cm³/mol. The Kier molecular flexibility index (Phi) is 3.09. The molecule has 1 aromatic heterocycles. The fraction of sp³-hybridized carbons (Fsp3) is 0.375. The maximum atomic E-state index is 8.40. The molecule has 0 saturated carbocycles. The molecule has 2 N–H and O–H groups in total. The van der Waals surface area contributed by atoms with Gasteiger partial charge in [-0.2, -0.15) is 5.26 Å². The van der Waals surface area contributed by atoms with Crippen molar-refractivity contribution < 1.29 is 4.74 Å². The summed E-state index contributed by atoms with van der Waals surface area (Å²) < 4.78 is 5.00. The minimum atomic E-state index is -0.185. The van der Waals surface area contributed by atoms with E-state index >= 15 is 0 Å². The first-order valence-electron chi connectivity index (χ1n) is 3.53. The minimum absolute atomic E-state index is 0.185. The SMILES string of the molecule is COc1cc(C(N)CC#N)cs1. The first-order valence-corrected chi connectivity index (χ1v) is 4.41. The standard InChI is InChI=1S/C8H10N2OS/c1-11-8-4-6(5-12-8)7(10)2-3-9/h4-5,7H,2,10H2,1H3. The molecule has 1 atom stereocenters. The van der Waals surface area contributed by atoms with Crippen molar-refractivity contribution in [3.63, 3.8) is 0 Å². The van der Waals surface area contributed by atoms with E-state index in [4.69, 9.17) is 15.7 Å². The molecule has 0 saturated heterocycles. The van der Waals surface area contributed by atoms with Gasteiger partial charge < -0.3 is 10.5 Å². The number of methoxy groups -OCH3 is 1. The molecule has 1 aromatic rings. The fourth-order valence-electron chi connectivity index (χ4n) is 0.848. The summed E-state index contributed by atoms with van der Waals surface area (Å²) in [5, 5.41) is 11.2. The molecule has 3 nitrogen and oxygen atoms in total. The van der Waals surface area contributed by atoms with Gasteiger partial charge in [0.25, 0.3) is 0 Å². The van der Waals surface area contributed by atoms with Crippen LogP contribution in [-0.4, -0.2) is 7.11 Å². The van der Waals surface area contributed by atoms with E-state index in [-0.39, 0.29) is 6.04 Å². The molecule has 1 unspecified atom stereocenters. The smallest absolute Gasteiger partial charge is 0.173 e. The average Bonchev–Trinajstić information content (AvgIpc) is 2.52. The molecule has 0 amide bonds. The van der Waals surface area contributed by atoms with Gasteiger partial charge in [0.2, 0.25) is 0 Å². The van der Waals surface area contributed by atoms with Gasteiger partial charge >= 0.3 is 0 Å². The highest BCUT2D eigenvalue weighted by molar-refractivity contribution is 7.12. The second-order valence-electron chi connectivity index (χ2n) is 2.37. The van der Waals surface area contributed by atoms with Gasteiger partial charge in [0.15, 0.2) is 5.06 Å². The topological polar surface area (TPSA) is 59.0 Å². The number of hydrogen-bond donors (Lipinski definition) is 1. The Morgan fingerprint density at radius 3 is 3.08 bits per heavy atom. The lowest BCUT2D eigenvalue weighted by Crippen LogP contribution is -2.07. The molecular formula is C8H10N2OS. The van der Waals surface area contributed by atoms with Crippen molar-refractivity contribution >= 4 is 11.3 Å². The number of hydrogen-bond acceptors (Lipinski definition) is 4. The zero-order valence-corrected chi connectivity index (χ0v) is 7.60. The van der Waals surface area contributed by atoms with Crippen LogP contribution >= 0.6 is 11.3 Å². The summed E-state index contributed by atoms with van der Waals surface area (Å²) in [5.74, 6) is 0. The van der Waals surface area contributed by atoms with E-state index in [0.717, 1.165) is 10.6 Å². The van der Waals surface area contributed by atoms with Crippen LogP contribution in [0.4, 0.5) is 0 Å². The Balaban J connectivity index is 2.69. The van der Waals surface area contributed by atoms with Crippen molar-refractivity contribution in [2.75, 3.05) is 7.11 Å². The largest absolute Gasteiger partial charge is 0.487 e. The lowest BCUT2D eigenvalue weighted by molar-refractivity contribution is 0.426. The van der Waals surface area contributed by atoms with E-state index in [0.29, 0.717) is 6.42 Å². The van der Waals surface area contributed by atoms with Gasteiger partial charge in [0, 0.05) is 6.04 Å². The van der Waals surface area contributed by atoms with Crippen LogP contribution in [0.25, 0.3) is 0 Å². The molecule has 0 aliphatic rings. The average molecular weight is 182 g/mol. The number of thiophene rings is 1. The monoisotopic (exact) mass is 182 g/mol. The number of nitriles is 1. The molecule has 0 aromatic carbocycles. The van der Waals surface area contributed by atoms with Gasteiger partial charge in [-0.05, 0) is 17.0 Å². The molecule has 0 fully saturated rings. The van der Waals surface area contributed by atoms with E-state index < -0.39 is 0 Å². The van der Waals surface area contributed by atoms with Crippen molar-refractivity contribution in [3.05, 3.63) is 17.0 Å². The first-order chi connectivity index (χ1) is 5.77. The minimum Gasteiger partial charge on any atom is -0.487 e. The van der Waals surface area contributed by atoms with Gasteiger partial charge in [-0.25, -0.2) is 0 Å². The van der Waals surface area contributed by atoms with Crippen LogP contribution in [0.15, 0.2) is 11.4 Å². The van der Waals surface area contributed by atoms with Crippen molar-refractivity contribution in [2.45, 2.75) is 12.5 Å². The third-order valence-electron chi connectivity index (χ3n) is 1.54. The van der Waals surface area contributed by atoms with Crippen LogP contribution in [0.5, 0.6) is 5.06 Å². The summed E-state index contributed by atoms with van der Waals surface area (Å²) >= 11 is 1.49. The molecule has 12 heavy (non-hydrogen) atoms. The molecule has 1 heterocycles. The summed E-state index contributed by atoms with van der Waals surface area (Å²) in [6.45, 7) is 0. The predicted octanol–water partition coefficient (Wildman–Crippen LogP) is 1.67. The molecule has 0 spiro atoms. The number of rotatable bonds is 3. The van der Waals surface area contributed by atoms with E-state index in [1.807, 2.05) is 17.5 Å². The van der Waals surface area contributed by atoms with Crippen LogP contribution < -0.4 is 10.5 Å². The molecule has 1 rings (SSSR count). The van der Waals surface area contributed by atoms with Gasteiger partial charge in [0.1, 0.15) is 0 Å². The number of ether oxygens (including phenoxy) is 1. The molecule has 4 heteroatoms. The summed E-state index contributed by atoms with van der Waals surface area (Å²) in [6.07, 6.45) is 0.347. The normalized spacial score (nSPS) is 12.1. The molecular weight excluding hydrogens is 172 g/mol. The summed E-state index contributed by atoms with van der Waals surface area (Å²) in [6, 6.07) is 3.71. The van der Waals surface area contributed by atoms with Gasteiger partial charge in [-0.3, -0.25) is 0 Å². The molecule has 64 valence electrons. The van der Waals surface area contributed by atoms with Crippen LogP contribution in [0.1, 0.15) is 18.0 Å². The summed E-state index contributed by atoms with van der Waals surface area (Å²) in [4.78, 5) is 0. The maximum absolute atomic E-state index is 8.40. The second kappa shape index (κ2) is 4.10. The lowest BCUT2D eigenvalue weighted by atomic mass is 10.1. The van der Waals surface area contributed by atoms with Crippen molar-refractivity contribution in [1.82, 2.24) is 0 Å². The van der Waals surface area contributed by atoms with E-state index in [1.54, 1.807) is 7.11 Å².